The van der Waals surface area contributed by atoms with E-state index in [9.17, 15) is 14.7 Å². The molecule has 0 aromatic carbocycles. The fraction of sp³-hybridized carbons (Fsp3) is 0.962. The van der Waals surface area contributed by atoms with Gasteiger partial charge in [0.05, 0.1) is 13.2 Å². The summed E-state index contributed by atoms with van der Waals surface area (Å²) in [6.07, 6.45) is 43.0. The van der Waals surface area contributed by atoms with E-state index in [-0.39, 0.29) is 18.8 Å². The number of ether oxygens (including phenoxy) is 4. The molecule has 0 aromatic rings. The van der Waals surface area contributed by atoms with Gasteiger partial charge in [0.25, 0.3) is 0 Å². The van der Waals surface area contributed by atoms with Crippen LogP contribution in [0.3, 0.4) is 0 Å². The molecular formula is C52H103NO7. The average Bonchev–Trinajstić information content (AvgIpc) is 3.24. The maximum absolute atomic E-state index is 12.6. The first kappa shape index (κ1) is 58.5. The third-order valence-corrected chi connectivity index (χ3v) is 12.1. The highest BCUT2D eigenvalue weighted by atomic mass is 16.7. The molecule has 0 saturated heterocycles. The molecule has 0 amide bonds. The number of carbonyl (C=O) groups is 2. The summed E-state index contributed by atoms with van der Waals surface area (Å²) in [7, 11) is 0. The molecule has 0 heterocycles. The third-order valence-electron chi connectivity index (χ3n) is 12.1. The minimum Gasteiger partial charge on any atom is -0.434 e. The lowest BCUT2D eigenvalue weighted by molar-refractivity contribution is 0.0145. The third kappa shape index (κ3) is 43.1. The summed E-state index contributed by atoms with van der Waals surface area (Å²) in [5, 5.41) is 9.34. The van der Waals surface area contributed by atoms with Gasteiger partial charge >= 0.3 is 12.3 Å². The summed E-state index contributed by atoms with van der Waals surface area (Å²) in [5.74, 6) is 0. The summed E-state index contributed by atoms with van der Waals surface area (Å²) in [4.78, 5) is 27.7. The highest BCUT2D eigenvalue weighted by molar-refractivity contribution is 5.60. The lowest BCUT2D eigenvalue weighted by atomic mass is 10.0. The van der Waals surface area contributed by atoms with Crippen molar-refractivity contribution >= 4 is 12.3 Å². The summed E-state index contributed by atoms with van der Waals surface area (Å²) in [6, 6.07) is 0. The second-order valence-electron chi connectivity index (χ2n) is 18.0. The van der Waals surface area contributed by atoms with Crippen molar-refractivity contribution in [3.63, 3.8) is 0 Å². The molecule has 358 valence electrons. The average molecular weight is 854 g/mol. The number of carbonyl (C=O) groups excluding carboxylic acids is 2. The van der Waals surface area contributed by atoms with Gasteiger partial charge in [0.2, 0.25) is 0 Å². The van der Waals surface area contributed by atoms with E-state index in [1.807, 2.05) is 0 Å². The summed E-state index contributed by atoms with van der Waals surface area (Å²) in [5.41, 5.74) is 0. The molecule has 60 heavy (non-hydrogen) atoms. The maximum Gasteiger partial charge on any atom is 0.508 e. The summed E-state index contributed by atoms with van der Waals surface area (Å²) >= 11 is 0. The molecule has 0 aliphatic heterocycles. The Hall–Kier alpha value is -1.54. The Bertz CT molecular complexity index is 777. The van der Waals surface area contributed by atoms with Crippen molar-refractivity contribution in [3.8, 4) is 0 Å². The highest BCUT2D eigenvalue weighted by Gasteiger charge is 2.17. The van der Waals surface area contributed by atoms with Gasteiger partial charge in [0.15, 0.2) is 0 Å². The first-order valence-electron chi connectivity index (χ1n) is 26.5. The van der Waals surface area contributed by atoms with Crippen molar-refractivity contribution in [2.45, 2.75) is 284 Å². The zero-order valence-electron chi connectivity index (χ0n) is 40.6. The molecule has 8 nitrogen and oxygen atoms in total. The first-order valence-corrected chi connectivity index (χ1v) is 26.5. The predicted molar refractivity (Wildman–Crippen MR) is 254 cm³/mol. The fourth-order valence-corrected chi connectivity index (χ4v) is 8.15. The maximum atomic E-state index is 12.6. The Balaban J connectivity index is 4.36. The smallest absolute Gasteiger partial charge is 0.434 e. The number of aliphatic hydroxyl groups excluding tert-OH is 1. The Kier molecular flexibility index (Phi) is 47.2. The zero-order chi connectivity index (χ0) is 43.8. The van der Waals surface area contributed by atoms with Gasteiger partial charge in [-0.3, -0.25) is 0 Å². The molecular weight excluding hydrogens is 751 g/mol. The molecule has 1 N–H and O–H groups in total. The second-order valence-corrected chi connectivity index (χ2v) is 18.0. The van der Waals surface area contributed by atoms with Crippen LogP contribution in [-0.2, 0) is 18.9 Å². The van der Waals surface area contributed by atoms with Crippen molar-refractivity contribution in [1.82, 2.24) is 4.90 Å². The number of rotatable bonds is 48. The van der Waals surface area contributed by atoms with E-state index in [0.717, 1.165) is 135 Å². The Labute approximate surface area is 373 Å². The molecule has 0 rings (SSSR count). The van der Waals surface area contributed by atoms with E-state index in [2.05, 4.69) is 32.6 Å². The number of hydrogen-bond donors (Lipinski definition) is 1. The molecule has 0 aromatic heterocycles. The molecule has 0 atom stereocenters. The van der Waals surface area contributed by atoms with E-state index >= 15 is 0 Å². The van der Waals surface area contributed by atoms with Gasteiger partial charge in [-0.15, -0.1) is 0 Å². The van der Waals surface area contributed by atoms with Crippen LogP contribution >= 0.6 is 0 Å². The van der Waals surface area contributed by atoms with Crippen LogP contribution in [0.2, 0.25) is 0 Å². The van der Waals surface area contributed by atoms with Crippen LogP contribution < -0.4 is 0 Å². The number of aliphatic hydroxyl groups is 1. The minimum absolute atomic E-state index is 0.0133. The topological polar surface area (TPSA) is 94.5 Å². The molecule has 8 heteroatoms. The normalized spacial score (nSPS) is 11.6. The number of hydrogen-bond acceptors (Lipinski definition) is 8. The minimum atomic E-state index is -0.482. The largest absolute Gasteiger partial charge is 0.508 e. The fourth-order valence-electron chi connectivity index (χ4n) is 8.15. The molecule has 0 spiro atoms. The van der Waals surface area contributed by atoms with Crippen LogP contribution in [0.5, 0.6) is 0 Å². The van der Waals surface area contributed by atoms with Gasteiger partial charge in [-0.1, -0.05) is 182 Å². The lowest BCUT2D eigenvalue weighted by Crippen LogP contribution is -2.27. The molecule has 0 saturated carbocycles. The molecule has 0 aliphatic rings. The molecule has 0 aliphatic carbocycles. The monoisotopic (exact) mass is 854 g/mol. The summed E-state index contributed by atoms with van der Waals surface area (Å²) in [6.45, 7) is 13.2. The molecule has 0 bridgehead atoms. The van der Waals surface area contributed by atoms with Crippen molar-refractivity contribution < 1.29 is 33.6 Å². The van der Waals surface area contributed by atoms with Crippen molar-refractivity contribution in [3.05, 3.63) is 0 Å². The second kappa shape index (κ2) is 48.5. The Morgan fingerprint density at radius 3 is 0.950 bits per heavy atom. The SMILES string of the molecule is CCCCCCCCC(CCCCCCCC)OC(=O)OCCCCCCN(CCCCO)CCCCCCOC(=O)OC(CCCCCCCC)CCCCCCCC. The highest BCUT2D eigenvalue weighted by Crippen LogP contribution is 2.20. The van der Waals surface area contributed by atoms with E-state index in [0.29, 0.717) is 13.2 Å². The van der Waals surface area contributed by atoms with E-state index in [1.54, 1.807) is 0 Å². The van der Waals surface area contributed by atoms with Crippen LogP contribution in [0.4, 0.5) is 9.59 Å². The Morgan fingerprint density at radius 2 is 0.633 bits per heavy atom. The van der Waals surface area contributed by atoms with Crippen LogP contribution in [0.15, 0.2) is 0 Å². The molecule has 0 unspecified atom stereocenters. The van der Waals surface area contributed by atoms with Gasteiger partial charge in [-0.2, -0.15) is 0 Å². The van der Waals surface area contributed by atoms with Gasteiger partial charge < -0.3 is 29.0 Å². The van der Waals surface area contributed by atoms with Crippen molar-refractivity contribution in [2.24, 2.45) is 0 Å². The van der Waals surface area contributed by atoms with E-state index in [4.69, 9.17) is 18.9 Å². The number of unbranched alkanes of at least 4 members (excludes halogenated alkanes) is 27. The van der Waals surface area contributed by atoms with Crippen LogP contribution in [0.25, 0.3) is 0 Å². The van der Waals surface area contributed by atoms with Crippen LogP contribution in [0, 0.1) is 0 Å². The molecule has 0 radical (unpaired) electrons. The Morgan fingerprint density at radius 1 is 0.367 bits per heavy atom. The van der Waals surface area contributed by atoms with Gasteiger partial charge in [0, 0.05) is 6.61 Å². The van der Waals surface area contributed by atoms with Crippen LogP contribution in [-0.4, -0.2) is 74.0 Å². The summed E-state index contributed by atoms with van der Waals surface area (Å²) < 4.78 is 22.7. The zero-order valence-corrected chi connectivity index (χ0v) is 40.6. The van der Waals surface area contributed by atoms with E-state index in [1.165, 1.54) is 128 Å². The van der Waals surface area contributed by atoms with Crippen molar-refractivity contribution in [1.29, 1.82) is 0 Å². The number of nitrogens with zero attached hydrogens (tertiary/aromatic N) is 1. The van der Waals surface area contributed by atoms with Gasteiger partial charge in [-0.25, -0.2) is 9.59 Å². The quantitative estimate of drug-likeness (QED) is 0.0478. The van der Waals surface area contributed by atoms with Crippen molar-refractivity contribution in [2.75, 3.05) is 39.5 Å². The van der Waals surface area contributed by atoms with Crippen LogP contribution in [0.1, 0.15) is 272 Å². The first-order chi connectivity index (χ1) is 29.5. The molecule has 0 fully saturated rings. The lowest BCUT2D eigenvalue weighted by Gasteiger charge is -2.22. The predicted octanol–water partition coefficient (Wildman–Crippen LogP) is 16.2. The standard InChI is InChI=1S/C52H103NO7/c1-5-9-13-17-21-29-39-49(40-30-22-18-14-10-6-2)59-51(55)57-47-37-27-25-33-43-53(45-35-36-46-54)44-34-26-28-38-48-58-52(56)60-50(41-31-23-19-15-11-7-3)42-32-24-20-16-12-8-4/h49-50,54H,5-48H2,1-4H3. The van der Waals surface area contributed by atoms with Gasteiger partial charge in [0.1, 0.15) is 12.2 Å². The van der Waals surface area contributed by atoms with E-state index < -0.39 is 12.3 Å². The van der Waals surface area contributed by atoms with Gasteiger partial charge in [-0.05, 0) is 110 Å².